The second-order valence-corrected chi connectivity index (χ2v) is 4.78. The Morgan fingerprint density at radius 1 is 1.24 bits per heavy atom. The molecule has 0 radical (unpaired) electrons. The Bertz CT molecular complexity index is 303. The van der Waals surface area contributed by atoms with Crippen LogP contribution in [0.1, 0.15) is 33.6 Å². The standard InChI is InChI=1S/C11H21N3O2S/c1-4-6-13-8(15)5-7-14-10(16)11(2,3)9(12)17/h4-7H2,1-3H3,(H2,12,17)(H,13,15)(H,14,16). The molecule has 0 aromatic carbocycles. The van der Waals surface area contributed by atoms with Gasteiger partial charge in [0.15, 0.2) is 0 Å². The van der Waals surface area contributed by atoms with Crippen molar-refractivity contribution in [1.82, 2.24) is 10.6 Å². The SMILES string of the molecule is CCCNC(=O)CCNC(=O)C(C)(C)C(N)=S. The quantitative estimate of drug-likeness (QED) is 0.575. The summed E-state index contributed by atoms with van der Waals surface area (Å²) < 4.78 is 0. The average molecular weight is 259 g/mol. The first-order valence-electron chi connectivity index (χ1n) is 5.67. The van der Waals surface area contributed by atoms with Crippen molar-refractivity contribution in [2.45, 2.75) is 33.6 Å². The Kier molecular flexibility index (Phi) is 6.72. The average Bonchev–Trinajstić information content (AvgIpc) is 2.25. The molecule has 0 saturated heterocycles. The fourth-order valence-corrected chi connectivity index (χ4v) is 1.07. The van der Waals surface area contributed by atoms with Crippen molar-refractivity contribution in [3.63, 3.8) is 0 Å². The lowest BCUT2D eigenvalue weighted by atomic mass is 9.92. The fourth-order valence-electron chi connectivity index (χ4n) is 0.975. The fraction of sp³-hybridized carbons (Fsp3) is 0.727. The Hall–Kier alpha value is -1.17. The minimum Gasteiger partial charge on any atom is -0.392 e. The molecule has 0 bridgehead atoms. The monoisotopic (exact) mass is 259 g/mol. The summed E-state index contributed by atoms with van der Waals surface area (Å²) in [5.74, 6) is -0.325. The molecule has 6 heteroatoms. The highest BCUT2D eigenvalue weighted by atomic mass is 32.1. The molecule has 0 saturated carbocycles. The van der Waals surface area contributed by atoms with E-state index in [2.05, 4.69) is 10.6 Å². The molecule has 0 aliphatic heterocycles. The molecule has 4 N–H and O–H groups in total. The number of hydrogen-bond acceptors (Lipinski definition) is 3. The zero-order chi connectivity index (χ0) is 13.5. The Balaban J connectivity index is 3.94. The topological polar surface area (TPSA) is 84.2 Å². The number of thiocarbonyl (C=S) groups is 1. The summed E-state index contributed by atoms with van der Waals surface area (Å²) in [7, 11) is 0. The van der Waals surface area contributed by atoms with Crippen LogP contribution in [-0.2, 0) is 9.59 Å². The predicted molar refractivity (Wildman–Crippen MR) is 71.5 cm³/mol. The Morgan fingerprint density at radius 3 is 2.29 bits per heavy atom. The van der Waals surface area contributed by atoms with Crippen LogP contribution in [0, 0.1) is 5.41 Å². The predicted octanol–water partition coefficient (Wildman–Crippen LogP) is 0.331. The van der Waals surface area contributed by atoms with Crippen LogP contribution < -0.4 is 16.4 Å². The molecule has 0 aromatic rings. The van der Waals surface area contributed by atoms with E-state index in [9.17, 15) is 9.59 Å². The molecule has 0 aromatic heterocycles. The number of carbonyl (C=O) groups is 2. The van der Waals surface area contributed by atoms with Crippen LogP contribution in [0.5, 0.6) is 0 Å². The summed E-state index contributed by atoms with van der Waals surface area (Å²) in [5, 5.41) is 5.37. The van der Waals surface area contributed by atoms with Gasteiger partial charge in [0.1, 0.15) is 0 Å². The van der Waals surface area contributed by atoms with Gasteiger partial charge in [-0.3, -0.25) is 9.59 Å². The molecule has 2 amide bonds. The van der Waals surface area contributed by atoms with Crippen LogP contribution in [0.4, 0.5) is 0 Å². The van der Waals surface area contributed by atoms with Gasteiger partial charge < -0.3 is 16.4 Å². The summed E-state index contributed by atoms with van der Waals surface area (Å²) in [5.41, 5.74) is 4.58. The highest BCUT2D eigenvalue weighted by molar-refractivity contribution is 7.80. The maximum atomic E-state index is 11.7. The Labute approximate surface area is 108 Å². The molecule has 0 aliphatic carbocycles. The van der Waals surface area contributed by atoms with Gasteiger partial charge in [-0.05, 0) is 20.3 Å². The number of amides is 2. The Morgan fingerprint density at radius 2 is 1.82 bits per heavy atom. The molecule has 0 rings (SSSR count). The number of carbonyl (C=O) groups excluding carboxylic acids is 2. The molecule has 0 fully saturated rings. The molecule has 0 unspecified atom stereocenters. The van der Waals surface area contributed by atoms with Crippen molar-refractivity contribution >= 4 is 29.0 Å². The third-order valence-electron chi connectivity index (χ3n) is 2.39. The number of hydrogen-bond donors (Lipinski definition) is 3. The third kappa shape index (κ3) is 5.63. The summed E-state index contributed by atoms with van der Waals surface area (Å²) in [6.45, 7) is 6.24. The second-order valence-electron chi connectivity index (χ2n) is 4.35. The minimum absolute atomic E-state index is 0.0692. The van der Waals surface area contributed by atoms with Gasteiger partial charge in [-0.15, -0.1) is 0 Å². The van der Waals surface area contributed by atoms with Crippen LogP contribution >= 0.6 is 12.2 Å². The third-order valence-corrected chi connectivity index (χ3v) is 2.90. The molecule has 0 heterocycles. The summed E-state index contributed by atoms with van der Waals surface area (Å²) in [6, 6.07) is 0. The summed E-state index contributed by atoms with van der Waals surface area (Å²) in [4.78, 5) is 23.1. The van der Waals surface area contributed by atoms with E-state index in [1.807, 2.05) is 6.92 Å². The van der Waals surface area contributed by atoms with Crippen molar-refractivity contribution in [3.05, 3.63) is 0 Å². The summed E-state index contributed by atoms with van der Waals surface area (Å²) in [6.07, 6.45) is 1.16. The molecule has 0 atom stereocenters. The normalized spacial score (nSPS) is 10.8. The number of rotatable bonds is 7. The molecule has 98 valence electrons. The van der Waals surface area contributed by atoms with Gasteiger partial charge >= 0.3 is 0 Å². The largest absolute Gasteiger partial charge is 0.392 e. The first kappa shape index (κ1) is 15.8. The van der Waals surface area contributed by atoms with Gasteiger partial charge in [-0.2, -0.15) is 0 Å². The van der Waals surface area contributed by atoms with E-state index in [1.165, 1.54) is 0 Å². The van der Waals surface area contributed by atoms with Crippen LogP contribution in [0.25, 0.3) is 0 Å². The van der Waals surface area contributed by atoms with E-state index < -0.39 is 5.41 Å². The lowest BCUT2D eigenvalue weighted by Crippen LogP contribution is -2.45. The van der Waals surface area contributed by atoms with E-state index in [4.69, 9.17) is 18.0 Å². The van der Waals surface area contributed by atoms with Gasteiger partial charge in [-0.1, -0.05) is 19.1 Å². The summed E-state index contributed by atoms with van der Waals surface area (Å²) >= 11 is 4.80. The van der Waals surface area contributed by atoms with Crippen molar-refractivity contribution < 1.29 is 9.59 Å². The van der Waals surface area contributed by atoms with Gasteiger partial charge in [-0.25, -0.2) is 0 Å². The smallest absolute Gasteiger partial charge is 0.232 e. The van der Waals surface area contributed by atoms with E-state index >= 15 is 0 Å². The molecule has 0 aliphatic rings. The first-order valence-corrected chi connectivity index (χ1v) is 6.08. The number of nitrogens with one attached hydrogen (secondary N) is 2. The number of nitrogens with two attached hydrogens (primary N) is 1. The van der Waals surface area contributed by atoms with Gasteiger partial charge in [0, 0.05) is 19.5 Å². The van der Waals surface area contributed by atoms with Crippen LogP contribution in [0.2, 0.25) is 0 Å². The molecular formula is C11H21N3O2S. The van der Waals surface area contributed by atoms with E-state index in [-0.39, 0.29) is 23.2 Å². The minimum atomic E-state index is -0.880. The second kappa shape index (κ2) is 7.21. The maximum Gasteiger partial charge on any atom is 0.232 e. The van der Waals surface area contributed by atoms with Crippen molar-refractivity contribution in [2.24, 2.45) is 11.1 Å². The van der Waals surface area contributed by atoms with E-state index in [1.54, 1.807) is 13.8 Å². The lowest BCUT2D eigenvalue weighted by molar-refractivity contribution is -0.126. The van der Waals surface area contributed by atoms with Crippen molar-refractivity contribution in [2.75, 3.05) is 13.1 Å². The zero-order valence-corrected chi connectivity index (χ0v) is 11.4. The molecular weight excluding hydrogens is 238 g/mol. The highest BCUT2D eigenvalue weighted by Crippen LogP contribution is 2.14. The van der Waals surface area contributed by atoms with E-state index in [0.717, 1.165) is 6.42 Å². The van der Waals surface area contributed by atoms with Crippen LogP contribution in [0.15, 0.2) is 0 Å². The van der Waals surface area contributed by atoms with Gasteiger partial charge in [0.05, 0.1) is 10.4 Å². The van der Waals surface area contributed by atoms with Crippen LogP contribution in [-0.4, -0.2) is 29.9 Å². The highest BCUT2D eigenvalue weighted by Gasteiger charge is 2.30. The molecule has 0 spiro atoms. The van der Waals surface area contributed by atoms with Crippen molar-refractivity contribution in [3.8, 4) is 0 Å². The van der Waals surface area contributed by atoms with Crippen LogP contribution in [0.3, 0.4) is 0 Å². The van der Waals surface area contributed by atoms with Gasteiger partial charge in [0.2, 0.25) is 11.8 Å². The zero-order valence-electron chi connectivity index (χ0n) is 10.6. The molecule has 5 nitrogen and oxygen atoms in total. The maximum absolute atomic E-state index is 11.7. The lowest BCUT2D eigenvalue weighted by Gasteiger charge is -2.21. The van der Waals surface area contributed by atoms with Crippen molar-refractivity contribution in [1.29, 1.82) is 0 Å². The van der Waals surface area contributed by atoms with Gasteiger partial charge in [0.25, 0.3) is 0 Å². The molecule has 17 heavy (non-hydrogen) atoms. The van der Waals surface area contributed by atoms with E-state index in [0.29, 0.717) is 13.1 Å². The first-order chi connectivity index (χ1) is 7.82.